The molecular weight excluding hydrogens is 261 g/mol. The Morgan fingerprint density at radius 3 is 2.67 bits per heavy atom. The molecule has 0 heterocycles. The van der Waals surface area contributed by atoms with Crippen molar-refractivity contribution in [2.45, 2.75) is 26.3 Å². The Labute approximate surface area is 87.5 Å². The van der Waals surface area contributed by atoms with Crippen molar-refractivity contribution in [1.82, 2.24) is 0 Å². The second-order valence-electron chi connectivity index (χ2n) is 3.25. The highest BCUT2D eigenvalue weighted by molar-refractivity contribution is 14.1. The highest BCUT2D eigenvalue weighted by Gasteiger charge is 2.01. The van der Waals surface area contributed by atoms with E-state index in [4.69, 9.17) is 5.73 Å². The van der Waals surface area contributed by atoms with E-state index in [2.05, 4.69) is 47.7 Å². The van der Waals surface area contributed by atoms with E-state index < -0.39 is 0 Å². The molecule has 1 aromatic carbocycles. The monoisotopic (exact) mass is 275 g/mol. The smallest absolute Gasteiger partial charge is 0.0133 e. The van der Waals surface area contributed by atoms with E-state index in [0.717, 1.165) is 6.42 Å². The standard InChI is InChI=1S/C10H14IN/c1-7-5-10(11)4-3-9(7)6-8(2)12/h3-5,8H,6,12H2,1-2H3. The second-order valence-corrected chi connectivity index (χ2v) is 4.50. The van der Waals surface area contributed by atoms with E-state index >= 15 is 0 Å². The Bertz CT molecular complexity index is 269. The minimum Gasteiger partial charge on any atom is -0.328 e. The first kappa shape index (κ1) is 9.99. The van der Waals surface area contributed by atoms with E-state index in [1.54, 1.807) is 0 Å². The maximum atomic E-state index is 5.73. The van der Waals surface area contributed by atoms with Gasteiger partial charge in [-0.25, -0.2) is 0 Å². The molecule has 1 atom stereocenters. The number of rotatable bonds is 2. The maximum Gasteiger partial charge on any atom is 0.0133 e. The Morgan fingerprint density at radius 2 is 2.17 bits per heavy atom. The van der Waals surface area contributed by atoms with Crippen molar-refractivity contribution in [3.8, 4) is 0 Å². The van der Waals surface area contributed by atoms with Gasteiger partial charge in [-0.15, -0.1) is 0 Å². The third-order valence-corrected chi connectivity index (χ3v) is 2.52. The summed E-state index contributed by atoms with van der Waals surface area (Å²) in [7, 11) is 0. The molecule has 66 valence electrons. The van der Waals surface area contributed by atoms with E-state index in [9.17, 15) is 0 Å². The molecule has 0 spiro atoms. The third kappa shape index (κ3) is 2.75. The molecule has 0 aliphatic rings. The molecule has 0 radical (unpaired) electrons. The van der Waals surface area contributed by atoms with Crippen LogP contribution >= 0.6 is 22.6 Å². The van der Waals surface area contributed by atoms with Crippen LogP contribution in [0.3, 0.4) is 0 Å². The lowest BCUT2D eigenvalue weighted by Crippen LogP contribution is -2.18. The zero-order chi connectivity index (χ0) is 9.14. The SMILES string of the molecule is Cc1cc(I)ccc1CC(C)N. The van der Waals surface area contributed by atoms with E-state index in [-0.39, 0.29) is 6.04 Å². The molecule has 12 heavy (non-hydrogen) atoms. The van der Waals surface area contributed by atoms with Gasteiger partial charge in [0.15, 0.2) is 0 Å². The van der Waals surface area contributed by atoms with Gasteiger partial charge in [-0.05, 0) is 66.1 Å². The lowest BCUT2D eigenvalue weighted by Gasteiger charge is -2.08. The second kappa shape index (κ2) is 4.23. The third-order valence-electron chi connectivity index (χ3n) is 1.85. The van der Waals surface area contributed by atoms with Gasteiger partial charge in [-0.2, -0.15) is 0 Å². The lowest BCUT2D eigenvalue weighted by molar-refractivity contribution is 0.734. The van der Waals surface area contributed by atoms with Gasteiger partial charge in [-0.1, -0.05) is 6.07 Å². The van der Waals surface area contributed by atoms with Crippen molar-refractivity contribution in [3.05, 3.63) is 32.9 Å². The topological polar surface area (TPSA) is 26.0 Å². The van der Waals surface area contributed by atoms with Gasteiger partial charge in [-0.3, -0.25) is 0 Å². The van der Waals surface area contributed by atoms with E-state index in [1.807, 2.05) is 6.92 Å². The molecule has 0 saturated heterocycles. The van der Waals surface area contributed by atoms with E-state index in [1.165, 1.54) is 14.7 Å². The Morgan fingerprint density at radius 1 is 1.50 bits per heavy atom. The molecule has 0 aliphatic carbocycles. The zero-order valence-corrected chi connectivity index (χ0v) is 9.63. The highest BCUT2D eigenvalue weighted by atomic mass is 127. The van der Waals surface area contributed by atoms with Gasteiger partial charge in [0, 0.05) is 9.61 Å². The molecule has 0 aliphatic heterocycles. The van der Waals surface area contributed by atoms with Crippen molar-refractivity contribution < 1.29 is 0 Å². The molecule has 0 fully saturated rings. The average molecular weight is 275 g/mol. The highest BCUT2D eigenvalue weighted by Crippen LogP contribution is 2.13. The Hall–Kier alpha value is -0.0900. The van der Waals surface area contributed by atoms with Crippen LogP contribution in [0.2, 0.25) is 0 Å². The predicted molar refractivity (Wildman–Crippen MR) is 61.2 cm³/mol. The summed E-state index contributed by atoms with van der Waals surface area (Å²) in [6.45, 7) is 4.18. The van der Waals surface area contributed by atoms with Crippen LogP contribution in [0, 0.1) is 10.5 Å². The fourth-order valence-electron chi connectivity index (χ4n) is 1.24. The molecule has 1 aromatic rings. The largest absolute Gasteiger partial charge is 0.328 e. The van der Waals surface area contributed by atoms with Crippen LogP contribution in [0.15, 0.2) is 18.2 Å². The minimum absolute atomic E-state index is 0.253. The quantitative estimate of drug-likeness (QED) is 0.824. The molecule has 2 heteroatoms. The number of aryl methyl sites for hydroxylation is 1. The van der Waals surface area contributed by atoms with Crippen molar-refractivity contribution in [2.75, 3.05) is 0 Å². The van der Waals surface area contributed by atoms with Gasteiger partial charge in [0.25, 0.3) is 0 Å². The summed E-state index contributed by atoms with van der Waals surface area (Å²) in [5.41, 5.74) is 8.44. The Balaban J connectivity index is 2.86. The summed E-state index contributed by atoms with van der Waals surface area (Å²) < 4.78 is 1.29. The fourth-order valence-corrected chi connectivity index (χ4v) is 1.88. The van der Waals surface area contributed by atoms with Crippen molar-refractivity contribution in [3.63, 3.8) is 0 Å². The van der Waals surface area contributed by atoms with Crippen molar-refractivity contribution in [2.24, 2.45) is 5.73 Å². The Kier molecular flexibility index (Phi) is 3.53. The maximum absolute atomic E-state index is 5.73. The summed E-state index contributed by atoms with van der Waals surface area (Å²) >= 11 is 2.32. The van der Waals surface area contributed by atoms with Crippen LogP contribution < -0.4 is 5.73 Å². The average Bonchev–Trinajstić information content (AvgIpc) is 1.94. The van der Waals surface area contributed by atoms with Crippen molar-refractivity contribution in [1.29, 1.82) is 0 Å². The molecule has 2 N–H and O–H groups in total. The molecule has 0 amide bonds. The van der Waals surface area contributed by atoms with Crippen LogP contribution in [-0.2, 0) is 6.42 Å². The van der Waals surface area contributed by atoms with Crippen LogP contribution in [0.25, 0.3) is 0 Å². The summed E-state index contributed by atoms with van der Waals surface area (Å²) in [4.78, 5) is 0. The van der Waals surface area contributed by atoms with Crippen molar-refractivity contribution >= 4 is 22.6 Å². The molecular formula is C10H14IN. The zero-order valence-electron chi connectivity index (χ0n) is 7.47. The number of benzene rings is 1. The molecule has 1 rings (SSSR count). The van der Waals surface area contributed by atoms with Gasteiger partial charge in [0.05, 0.1) is 0 Å². The number of halogens is 1. The van der Waals surface area contributed by atoms with Gasteiger partial charge in [0.2, 0.25) is 0 Å². The number of hydrogen-bond donors (Lipinski definition) is 1. The summed E-state index contributed by atoms with van der Waals surface area (Å²) in [6, 6.07) is 6.74. The predicted octanol–water partition coefficient (Wildman–Crippen LogP) is 2.49. The first-order chi connectivity index (χ1) is 5.59. The summed E-state index contributed by atoms with van der Waals surface area (Å²) in [5, 5.41) is 0. The lowest BCUT2D eigenvalue weighted by atomic mass is 10.0. The van der Waals surface area contributed by atoms with Crippen LogP contribution in [0.1, 0.15) is 18.1 Å². The number of hydrogen-bond acceptors (Lipinski definition) is 1. The normalized spacial score (nSPS) is 13.0. The van der Waals surface area contributed by atoms with Gasteiger partial charge < -0.3 is 5.73 Å². The van der Waals surface area contributed by atoms with Gasteiger partial charge >= 0.3 is 0 Å². The first-order valence-corrected chi connectivity index (χ1v) is 5.18. The minimum atomic E-state index is 0.253. The molecule has 1 unspecified atom stereocenters. The molecule has 0 bridgehead atoms. The van der Waals surface area contributed by atoms with Gasteiger partial charge in [0.1, 0.15) is 0 Å². The summed E-state index contributed by atoms with van der Waals surface area (Å²) in [5.74, 6) is 0. The first-order valence-electron chi connectivity index (χ1n) is 4.10. The molecule has 0 aromatic heterocycles. The number of nitrogens with two attached hydrogens (primary N) is 1. The van der Waals surface area contributed by atoms with Crippen LogP contribution in [-0.4, -0.2) is 6.04 Å². The van der Waals surface area contributed by atoms with Crippen LogP contribution in [0.4, 0.5) is 0 Å². The molecule has 1 nitrogen and oxygen atoms in total. The molecule has 0 saturated carbocycles. The van der Waals surface area contributed by atoms with Crippen LogP contribution in [0.5, 0.6) is 0 Å². The fraction of sp³-hybridized carbons (Fsp3) is 0.400. The summed E-state index contributed by atoms with van der Waals surface area (Å²) in [6.07, 6.45) is 0.975. The van der Waals surface area contributed by atoms with E-state index in [0.29, 0.717) is 0 Å².